The molecule has 0 aromatic heterocycles. The summed E-state index contributed by atoms with van der Waals surface area (Å²) in [6, 6.07) is 3.98. The van der Waals surface area contributed by atoms with Crippen molar-refractivity contribution in [3.05, 3.63) is 33.9 Å². The van der Waals surface area contributed by atoms with Crippen molar-refractivity contribution in [2.24, 2.45) is 0 Å². The minimum atomic E-state index is -0.542. The third kappa shape index (κ3) is 4.33. The summed E-state index contributed by atoms with van der Waals surface area (Å²) in [5, 5.41) is 10.7. The van der Waals surface area contributed by atoms with Crippen LogP contribution in [0.2, 0.25) is 0 Å². The van der Waals surface area contributed by atoms with Gasteiger partial charge >= 0.3 is 0 Å². The summed E-state index contributed by atoms with van der Waals surface area (Å²) in [5.41, 5.74) is 0.0764. The molecule has 6 nitrogen and oxygen atoms in total. The molecule has 0 aliphatic carbocycles. The first-order chi connectivity index (χ1) is 8.95. The number of benzene rings is 1. The molecule has 0 radical (unpaired) electrons. The van der Waals surface area contributed by atoms with E-state index in [0.717, 1.165) is 0 Å². The third-order valence-corrected chi connectivity index (χ3v) is 2.44. The average Bonchev–Trinajstić information content (AvgIpc) is 2.36. The zero-order valence-electron chi connectivity index (χ0n) is 11.2. The first kappa shape index (κ1) is 15.1. The van der Waals surface area contributed by atoms with Crippen LogP contribution in [-0.4, -0.2) is 30.0 Å². The van der Waals surface area contributed by atoms with Gasteiger partial charge in [0.15, 0.2) is 5.78 Å². The molecule has 0 heterocycles. The zero-order valence-corrected chi connectivity index (χ0v) is 11.2. The lowest BCUT2D eigenvalue weighted by Crippen LogP contribution is -2.20. The maximum absolute atomic E-state index is 11.5. The van der Waals surface area contributed by atoms with Gasteiger partial charge in [0.2, 0.25) is 0 Å². The van der Waals surface area contributed by atoms with Crippen LogP contribution in [0.5, 0.6) is 5.75 Å². The lowest BCUT2D eigenvalue weighted by Gasteiger charge is -2.16. The van der Waals surface area contributed by atoms with Gasteiger partial charge < -0.3 is 9.47 Å². The van der Waals surface area contributed by atoms with Crippen molar-refractivity contribution in [2.75, 3.05) is 13.2 Å². The van der Waals surface area contributed by atoms with E-state index in [-0.39, 0.29) is 23.1 Å². The molecule has 0 N–H and O–H groups in total. The highest BCUT2D eigenvalue weighted by atomic mass is 16.6. The van der Waals surface area contributed by atoms with E-state index in [0.29, 0.717) is 19.0 Å². The van der Waals surface area contributed by atoms with Gasteiger partial charge in [0, 0.05) is 18.7 Å². The van der Waals surface area contributed by atoms with Gasteiger partial charge in [-0.2, -0.15) is 0 Å². The lowest BCUT2D eigenvalue weighted by atomic mass is 10.1. The van der Waals surface area contributed by atoms with E-state index in [1.807, 2.05) is 6.92 Å². The number of hydrogen-bond acceptors (Lipinski definition) is 5. The van der Waals surface area contributed by atoms with Gasteiger partial charge in [-0.05, 0) is 26.8 Å². The molecule has 0 spiro atoms. The predicted octanol–water partition coefficient (Wildman–Crippen LogP) is 2.60. The van der Waals surface area contributed by atoms with Gasteiger partial charge in [0.25, 0.3) is 5.69 Å². The number of nitrogens with zero attached hydrogens (tertiary/aromatic N) is 1. The molecular formula is C13H17NO5. The standard InChI is InChI=1S/C13H17NO5/c1-4-18-8-9(2)19-13-6-5-11(14(16)17)7-12(13)10(3)15/h5-7,9H,4,8H2,1-3H3. The van der Waals surface area contributed by atoms with Crippen LogP contribution in [0.1, 0.15) is 31.1 Å². The number of hydrogen-bond donors (Lipinski definition) is 0. The van der Waals surface area contributed by atoms with Gasteiger partial charge in [0.05, 0.1) is 17.1 Å². The number of nitro groups is 1. The van der Waals surface area contributed by atoms with Crippen LogP contribution in [0.25, 0.3) is 0 Å². The van der Waals surface area contributed by atoms with Crippen LogP contribution in [0.4, 0.5) is 5.69 Å². The first-order valence-electron chi connectivity index (χ1n) is 5.99. The minimum absolute atomic E-state index is 0.130. The van der Waals surface area contributed by atoms with E-state index in [1.54, 1.807) is 6.92 Å². The summed E-state index contributed by atoms with van der Waals surface area (Å²) in [7, 11) is 0. The summed E-state index contributed by atoms with van der Waals surface area (Å²) in [6.07, 6.45) is -0.237. The van der Waals surface area contributed by atoms with Crippen molar-refractivity contribution in [3.63, 3.8) is 0 Å². The van der Waals surface area contributed by atoms with Gasteiger partial charge in [-0.15, -0.1) is 0 Å². The molecule has 0 aliphatic heterocycles. The highest BCUT2D eigenvalue weighted by Gasteiger charge is 2.16. The first-order valence-corrected chi connectivity index (χ1v) is 5.99. The minimum Gasteiger partial charge on any atom is -0.488 e. The van der Waals surface area contributed by atoms with Gasteiger partial charge in [0.1, 0.15) is 11.9 Å². The highest BCUT2D eigenvalue weighted by molar-refractivity contribution is 5.97. The second kappa shape index (κ2) is 6.84. The van der Waals surface area contributed by atoms with Crippen molar-refractivity contribution in [1.82, 2.24) is 0 Å². The number of ketones is 1. The molecular weight excluding hydrogens is 250 g/mol. The van der Waals surface area contributed by atoms with Crippen molar-refractivity contribution in [1.29, 1.82) is 0 Å². The molecule has 1 aromatic rings. The smallest absolute Gasteiger partial charge is 0.270 e. The van der Waals surface area contributed by atoms with E-state index in [4.69, 9.17) is 9.47 Å². The Morgan fingerprint density at radius 1 is 1.47 bits per heavy atom. The Bertz CT molecular complexity index is 472. The van der Waals surface area contributed by atoms with Crippen LogP contribution < -0.4 is 4.74 Å². The molecule has 0 saturated heterocycles. The molecule has 0 saturated carbocycles. The van der Waals surface area contributed by atoms with Crippen LogP contribution in [0, 0.1) is 10.1 Å². The molecule has 0 amide bonds. The van der Waals surface area contributed by atoms with Crippen molar-refractivity contribution < 1.29 is 19.2 Å². The molecule has 6 heteroatoms. The van der Waals surface area contributed by atoms with Crippen LogP contribution >= 0.6 is 0 Å². The van der Waals surface area contributed by atoms with E-state index in [1.165, 1.54) is 25.1 Å². The highest BCUT2D eigenvalue weighted by Crippen LogP contribution is 2.25. The summed E-state index contributed by atoms with van der Waals surface area (Å²) >= 11 is 0. The van der Waals surface area contributed by atoms with Gasteiger partial charge in [-0.25, -0.2) is 0 Å². The molecule has 19 heavy (non-hydrogen) atoms. The number of carbonyl (C=O) groups excluding carboxylic acids is 1. The fourth-order valence-electron chi connectivity index (χ4n) is 1.54. The Balaban J connectivity index is 2.94. The van der Waals surface area contributed by atoms with Gasteiger partial charge in [-0.1, -0.05) is 0 Å². The molecule has 1 aromatic carbocycles. The Labute approximate surface area is 111 Å². The van der Waals surface area contributed by atoms with Gasteiger partial charge in [-0.3, -0.25) is 14.9 Å². The SMILES string of the molecule is CCOCC(C)Oc1ccc([N+](=O)[O-])cc1C(C)=O. The monoisotopic (exact) mass is 267 g/mol. The number of ether oxygens (including phenoxy) is 2. The largest absolute Gasteiger partial charge is 0.488 e. The molecule has 0 aliphatic rings. The summed E-state index contributed by atoms with van der Waals surface area (Å²) in [4.78, 5) is 21.6. The van der Waals surface area contributed by atoms with Crippen LogP contribution in [0.15, 0.2) is 18.2 Å². The molecule has 1 unspecified atom stereocenters. The molecule has 104 valence electrons. The summed E-state index contributed by atoms with van der Waals surface area (Å²) in [5.74, 6) is 0.0626. The quantitative estimate of drug-likeness (QED) is 0.431. The summed E-state index contributed by atoms with van der Waals surface area (Å²) < 4.78 is 10.8. The summed E-state index contributed by atoms with van der Waals surface area (Å²) in [6.45, 7) is 6.00. The Morgan fingerprint density at radius 3 is 2.68 bits per heavy atom. The second-order valence-electron chi connectivity index (χ2n) is 4.08. The van der Waals surface area contributed by atoms with Crippen LogP contribution in [0.3, 0.4) is 0 Å². The number of rotatable bonds is 7. The normalized spacial score (nSPS) is 11.9. The van der Waals surface area contributed by atoms with E-state index in [9.17, 15) is 14.9 Å². The number of carbonyl (C=O) groups is 1. The zero-order chi connectivity index (χ0) is 14.4. The van der Waals surface area contributed by atoms with Crippen LogP contribution in [-0.2, 0) is 4.74 Å². The molecule has 1 rings (SSSR count). The predicted molar refractivity (Wildman–Crippen MR) is 69.7 cm³/mol. The molecule has 0 fully saturated rings. The molecule has 0 bridgehead atoms. The maximum Gasteiger partial charge on any atom is 0.270 e. The number of nitro benzene ring substituents is 1. The number of non-ortho nitro benzene ring substituents is 1. The van der Waals surface area contributed by atoms with E-state index < -0.39 is 4.92 Å². The van der Waals surface area contributed by atoms with Crippen molar-refractivity contribution >= 4 is 11.5 Å². The second-order valence-corrected chi connectivity index (χ2v) is 4.08. The third-order valence-electron chi connectivity index (χ3n) is 2.44. The fourth-order valence-corrected chi connectivity index (χ4v) is 1.54. The lowest BCUT2D eigenvalue weighted by molar-refractivity contribution is -0.384. The fraction of sp³-hybridized carbons (Fsp3) is 0.462. The van der Waals surface area contributed by atoms with E-state index in [2.05, 4.69) is 0 Å². The Hall–Kier alpha value is -1.95. The maximum atomic E-state index is 11.5. The Kier molecular flexibility index (Phi) is 5.44. The number of Topliss-reactive ketones (excluding diaryl/α,β-unsaturated/α-hetero) is 1. The molecule has 1 atom stereocenters. The van der Waals surface area contributed by atoms with Crippen molar-refractivity contribution in [2.45, 2.75) is 26.9 Å². The topological polar surface area (TPSA) is 78.7 Å². The average molecular weight is 267 g/mol. The Morgan fingerprint density at radius 2 is 2.16 bits per heavy atom. The van der Waals surface area contributed by atoms with E-state index >= 15 is 0 Å². The van der Waals surface area contributed by atoms with Crippen molar-refractivity contribution in [3.8, 4) is 5.75 Å².